The van der Waals surface area contributed by atoms with E-state index in [9.17, 15) is 9.90 Å². The van der Waals surface area contributed by atoms with Gasteiger partial charge in [0, 0.05) is 16.0 Å². The normalized spacial score (nSPS) is 11.5. The topological polar surface area (TPSA) is 50.2 Å². The van der Waals surface area contributed by atoms with Crippen LogP contribution < -0.4 is 0 Å². The number of hydrogen-bond donors (Lipinski definition) is 1. The van der Waals surface area contributed by atoms with Crippen molar-refractivity contribution in [3.63, 3.8) is 0 Å². The van der Waals surface area contributed by atoms with Crippen LogP contribution in [0.25, 0.3) is 22.0 Å². The van der Waals surface area contributed by atoms with Crippen molar-refractivity contribution in [2.45, 2.75) is 39.5 Å². The minimum atomic E-state index is -0.965. The van der Waals surface area contributed by atoms with Crippen LogP contribution in [0, 0.1) is 0 Å². The fourth-order valence-corrected chi connectivity index (χ4v) is 3.41. The van der Waals surface area contributed by atoms with E-state index in [1.165, 1.54) is 0 Å². The summed E-state index contributed by atoms with van der Waals surface area (Å²) in [5, 5.41) is 11.3. The second-order valence-corrected chi connectivity index (χ2v) is 7.58. The maximum atomic E-state index is 12.2. The van der Waals surface area contributed by atoms with Gasteiger partial charge in [0.1, 0.15) is 0 Å². The summed E-state index contributed by atoms with van der Waals surface area (Å²) in [4.78, 5) is 16.8. The van der Waals surface area contributed by atoms with Crippen LogP contribution in [0.15, 0.2) is 42.5 Å². The lowest BCUT2D eigenvalue weighted by Gasteiger charge is -2.18. The molecule has 0 aliphatic heterocycles. The second kappa shape index (κ2) is 7.08. The Hall–Kier alpha value is -2.39. The number of fused-ring (bicyclic) bond motifs is 1. The minimum Gasteiger partial charge on any atom is -0.478 e. The fourth-order valence-electron chi connectivity index (χ4n) is 3.24. The van der Waals surface area contributed by atoms with Gasteiger partial charge in [-0.1, -0.05) is 63.6 Å². The average Bonchev–Trinajstić information content (AvgIpc) is 2.59. The van der Waals surface area contributed by atoms with Gasteiger partial charge in [-0.25, -0.2) is 4.79 Å². The predicted molar refractivity (Wildman–Crippen MR) is 107 cm³/mol. The Bertz CT molecular complexity index is 993. The van der Waals surface area contributed by atoms with Crippen LogP contribution >= 0.6 is 11.6 Å². The number of rotatable bonds is 4. The van der Waals surface area contributed by atoms with Gasteiger partial charge in [0.25, 0.3) is 0 Å². The van der Waals surface area contributed by atoms with E-state index in [1.54, 1.807) is 12.1 Å². The van der Waals surface area contributed by atoms with Crippen molar-refractivity contribution in [3.8, 4) is 11.1 Å². The summed E-state index contributed by atoms with van der Waals surface area (Å²) in [6.45, 7) is 8.17. The summed E-state index contributed by atoms with van der Waals surface area (Å²) in [6, 6.07) is 13.5. The Balaban J connectivity index is 2.48. The Kier molecular flexibility index (Phi) is 5.01. The van der Waals surface area contributed by atoms with E-state index in [1.807, 2.05) is 32.0 Å². The van der Waals surface area contributed by atoms with Crippen LogP contribution in [0.3, 0.4) is 0 Å². The molecular formula is C22H22ClNO2. The zero-order chi connectivity index (χ0) is 19.0. The lowest BCUT2D eigenvalue weighted by Crippen LogP contribution is -2.10. The van der Waals surface area contributed by atoms with Crippen LogP contribution in [0.1, 0.15) is 61.1 Å². The number of aromatic nitrogens is 1. The highest BCUT2D eigenvalue weighted by atomic mass is 35.5. The molecule has 26 heavy (non-hydrogen) atoms. The fraction of sp³-hybridized carbons (Fsp3) is 0.273. The molecule has 1 heterocycles. The van der Waals surface area contributed by atoms with Crippen molar-refractivity contribution >= 4 is 28.5 Å². The molecule has 3 rings (SSSR count). The molecule has 0 unspecified atom stereocenters. The Morgan fingerprint density at radius 1 is 1.04 bits per heavy atom. The molecule has 0 amide bonds. The lowest BCUT2D eigenvalue weighted by molar-refractivity contribution is 0.0695. The molecule has 0 atom stereocenters. The average molecular weight is 368 g/mol. The van der Waals surface area contributed by atoms with E-state index >= 15 is 0 Å². The Labute approximate surface area is 158 Å². The third-order valence-electron chi connectivity index (χ3n) is 4.58. The number of carboxylic acid groups (broad SMARTS) is 1. The molecule has 0 spiro atoms. The second-order valence-electron chi connectivity index (χ2n) is 7.15. The van der Waals surface area contributed by atoms with Crippen molar-refractivity contribution in [1.29, 1.82) is 0 Å². The molecule has 3 aromatic rings. The van der Waals surface area contributed by atoms with Gasteiger partial charge in [-0.15, -0.1) is 0 Å². The van der Waals surface area contributed by atoms with Gasteiger partial charge < -0.3 is 5.11 Å². The molecule has 0 fully saturated rings. The Morgan fingerprint density at radius 3 is 2.38 bits per heavy atom. The summed E-state index contributed by atoms with van der Waals surface area (Å²) in [5.41, 5.74) is 4.35. The molecule has 0 bridgehead atoms. The van der Waals surface area contributed by atoms with Gasteiger partial charge in [0.2, 0.25) is 0 Å². The lowest BCUT2D eigenvalue weighted by atomic mass is 9.89. The molecule has 3 nitrogen and oxygen atoms in total. The first-order valence-corrected chi connectivity index (χ1v) is 9.14. The summed E-state index contributed by atoms with van der Waals surface area (Å²) >= 11 is 6.22. The van der Waals surface area contributed by atoms with Gasteiger partial charge in [0.15, 0.2) is 0 Å². The molecule has 134 valence electrons. The maximum Gasteiger partial charge on any atom is 0.338 e. The molecule has 1 N–H and O–H groups in total. The van der Waals surface area contributed by atoms with E-state index in [4.69, 9.17) is 11.6 Å². The molecule has 4 heteroatoms. The number of carboxylic acids is 1. The number of nitrogens with zero attached hydrogens (tertiary/aromatic N) is 1. The van der Waals surface area contributed by atoms with Crippen LogP contribution in [0.2, 0.25) is 5.02 Å². The van der Waals surface area contributed by atoms with Gasteiger partial charge >= 0.3 is 5.97 Å². The standard InChI is InChI=1S/C22H22ClNO2/c1-12(2)14-6-5-7-15(10-14)19-17-11-16(23)8-9-18(17)24-21(13(3)4)20(19)22(25)26/h5-13H,1-4H3,(H,25,26). The summed E-state index contributed by atoms with van der Waals surface area (Å²) in [7, 11) is 0. The molecule has 0 radical (unpaired) electrons. The van der Waals surface area contributed by atoms with Crippen molar-refractivity contribution in [2.75, 3.05) is 0 Å². The van der Waals surface area contributed by atoms with Crippen molar-refractivity contribution in [1.82, 2.24) is 4.98 Å². The van der Waals surface area contributed by atoms with Gasteiger partial charge in [0.05, 0.1) is 16.8 Å². The molecule has 0 saturated heterocycles. The molecule has 0 aliphatic carbocycles. The van der Waals surface area contributed by atoms with Crippen molar-refractivity contribution < 1.29 is 9.90 Å². The van der Waals surface area contributed by atoms with E-state index in [0.717, 1.165) is 22.0 Å². The molecular weight excluding hydrogens is 346 g/mol. The zero-order valence-electron chi connectivity index (χ0n) is 15.4. The minimum absolute atomic E-state index is 0.00629. The number of aromatic carboxylic acids is 1. The molecule has 2 aromatic carbocycles. The first-order valence-electron chi connectivity index (χ1n) is 8.76. The van der Waals surface area contributed by atoms with Crippen LogP contribution in [-0.4, -0.2) is 16.1 Å². The first-order chi connectivity index (χ1) is 12.3. The van der Waals surface area contributed by atoms with Crippen molar-refractivity contribution in [3.05, 3.63) is 64.3 Å². The SMILES string of the molecule is CC(C)c1cccc(-c2c(C(=O)O)c(C(C)C)nc3ccc(Cl)cc23)c1. The smallest absolute Gasteiger partial charge is 0.338 e. The number of benzene rings is 2. The summed E-state index contributed by atoms with van der Waals surface area (Å²) in [6.07, 6.45) is 0. The highest BCUT2D eigenvalue weighted by Crippen LogP contribution is 2.37. The van der Waals surface area contributed by atoms with E-state index in [0.29, 0.717) is 22.2 Å². The Morgan fingerprint density at radius 2 is 1.77 bits per heavy atom. The number of halogens is 1. The van der Waals surface area contributed by atoms with Gasteiger partial charge in [-0.3, -0.25) is 4.98 Å². The summed E-state index contributed by atoms with van der Waals surface area (Å²) in [5.74, 6) is -0.620. The first kappa shape index (κ1) is 18.4. The monoisotopic (exact) mass is 367 g/mol. The van der Waals surface area contributed by atoms with Gasteiger partial charge in [-0.2, -0.15) is 0 Å². The number of hydrogen-bond acceptors (Lipinski definition) is 2. The molecule has 0 aliphatic rings. The summed E-state index contributed by atoms with van der Waals surface area (Å²) < 4.78 is 0. The predicted octanol–water partition coefficient (Wildman–Crippen LogP) is 6.50. The third kappa shape index (κ3) is 3.32. The highest BCUT2D eigenvalue weighted by Gasteiger charge is 2.24. The molecule has 0 saturated carbocycles. The quantitative estimate of drug-likeness (QED) is 0.572. The molecule has 1 aromatic heterocycles. The van der Waals surface area contributed by atoms with Crippen molar-refractivity contribution in [2.24, 2.45) is 0 Å². The van der Waals surface area contributed by atoms with Crippen LogP contribution in [0.5, 0.6) is 0 Å². The largest absolute Gasteiger partial charge is 0.478 e. The highest BCUT2D eigenvalue weighted by molar-refractivity contribution is 6.31. The zero-order valence-corrected chi connectivity index (χ0v) is 16.1. The van der Waals surface area contributed by atoms with Crippen LogP contribution in [-0.2, 0) is 0 Å². The maximum absolute atomic E-state index is 12.2. The van der Waals surface area contributed by atoms with E-state index in [-0.39, 0.29) is 11.5 Å². The number of carbonyl (C=O) groups is 1. The number of pyridine rings is 1. The van der Waals surface area contributed by atoms with E-state index in [2.05, 4.69) is 31.0 Å². The third-order valence-corrected chi connectivity index (χ3v) is 4.81. The van der Waals surface area contributed by atoms with Gasteiger partial charge in [-0.05, 0) is 41.2 Å². The van der Waals surface area contributed by atoms with E-state index < -0.39 is 5.97 Å². The van der Waals surface area contributed by atoms with Crippen LogP contribution in [0.4, 0.5) is 0 Å².